The van der Waals surface area contributed by atoms with E-state index in [0.717, 1.165) is 24.8 Å². The number of ether oxygens (including phenoxy) is 2. The first-order chi connectivity index (χ1) is 14.6. The molecule has 4 nitrogen and oxygen atoms in total. The molecule has 0 aliphatic carbocycles. The van der Waals surface area contributed by atoms with Gasteiger partial charge in [0.1, 0.15) is 0 Å². The Hall–Kier alpha value is -2.33. The first kappa shape index (κ1) is 23.9. The molecule has 2 aromatic carbocycles. The zero-order valence-corrected chi connectivity index (χ0v) is 18.5. The second-order valence-corrected chi connectivity index (χ2v) is 7.75. The molecule has 0 unspecified atom stereocenters. The van der Waals surface area contributed by atoms with Gasteiger partial charge in [0, 0.05) is 11.4 Å². The van der Waals surface area contributed by atoms with E-state index in [2.05, 4.69) is 6.92 Å². The summed E-state index contributed by atoms with van der Waals surface area (Å²) >= 11 is 5.87. The van der Waals surface area contributed by atoms with Gasteiger partial charge in [-0.15, -0.1) is 0 Å². The van der Waals surface area contributed by atoms with E-state index < -0.39 is 11.9 Å². The molecule has 0 N–H and O–H groups in total. The predicted octanol–water partition coefficient (Wildman–Crippen LogP) is 6.65. The lowest BCUT2D eigenvalue weighted by atomic mass is 10.1. The average Bonchev–Trinajstić information content (AvgIpc) is 2.76. The number of rotatable bonds is 13. The van der Waals surface area contributed by atoms with E-state index in [1.165, 1.54) is 25.7 Å². The van der Waals surface area contributed by atoms with Gasteiger partial charge in [0.2, 0.25) is 0 Å². The normalized spacial score (nSPS) is 10.6. The molecule has 0 fully saturated rings. The number of carbonyl (C=O) groups excluding carboxylic acids is 2. The molecule has 5 heteroatoms. The Kier molecular flexibility index (Phi) is 11.0. The third kappa shape index (κ3) is 8.58. The van der Waals surface area contributed by atoms with E-state index in [1.807, 2.05) is 12.1 Å². The molecule has 2 rings (SSSR count). The van der Waals surface area contributed by atoms with Gasteiger partial charge in [-0.05, 0) is 36.2 Å². The molecule has 0 aliphatic heterocycles. The minimum atomic E-state index is -0.521. The van der Waals surface area contributed by atoms with Crippen LogP contribution in [0.25, 0.3) is 0 Å². The maximum Gasteiger partial charge on any atom is 0.339 e. The number of unbranched alkanes of at least 4 members (excludes halogenated alkanes) is 6. The smallest absolute Gasteiger partial charge is 0.339 e. The maximum absolute atomic E-state index is 12.5. The zero-order chi connectivity index (χ0) is 21.6. The Balaban J connectivity index is 1.77. The van der Waals surface area contributed by atoms with Gasteiger partial charge in [-0.1, -0.05) is 81.3 Å². The van der Waals surface area contributed by atoms with Crippen LogP contribution in [-0.4, -0.2) is 25.2 Å². The van der Waals surface area contributed by atoms with Crippen LogP contribution in [0.4, 0.5) is 0 Å². The van der Waals surface area contributed by atoms with Gasteiger partial charge in [0.05, 0.1) is 24.3 Å². The lowest BCUT2D eigenvalue weighted by Gasteiger charge is -2.10. The van der Waals surface area contributed by atoms with Crippen LogP contribution in [0.2, 0.25) is 5.02 Å². The number of benzene rings is 2. The molecule has 0 atom stereocenters. The van der Waals surface area contributed by atoms with Gasteiger partial charge >= 0.3 is 11.9 Å². The standard InChI is InChI=1S/C25H31ClO4/c1-2-3-4-5-6-7-10-18-29-24(27)22-11-8-9-12-23(22)25(28)30-19-17-20-13-15-21(26)16-14-20/h8-9,11-16H,2-7,10,17-19H2,1H3. The molecule has 0 radical (unpaired) electrons. The Labute approximate surface area is 184 Å². The van der Waals surface area contributed by atoms with Crippen LogP contribution < -0.4 is 0 Å². The molecular weight excluding hydrogens is 400 g/mol. The number of halogens is 1. The van der Waals surface area contributed by atoms with Crippen molar-refractivity contribution in [2.75, 3.05) is 13.2 Å². The summed E-state index contributed by atoms with van der Waals surface area (Å²) in [6.45, 7) is 2.79. The van der Waals surface area contributed by atoms with Gasteiger partial charge < -0.3 is 9.47 Å². The molecular formula is C25H31ClO4. The Morgan fingerprint density at radius 2 is 1.27 bits per heavy atom. The number of hydrogen-bond acceptors (Lipinski definition) is 4. The van der Waals surface area contributed by atoms with Crippen molar-refractivity contribution in [2.45, 2.75) is 58.3 Å². The van der Waals surface area contributed by atoms with Gasteiger partial charge in [0.25, 0.3) is 0 Å². The number of hydrogen-bond donors (Lipinski definition) is 0. The highest BCUT2D eigenvalue weighted by molar-refractivity contribution is 6.30. The largest absolute Gasteiger partial charge is 0.462 e. The summed E-state index contributed by atoms with van der Waals surface area (Å²) in [4.78, 5) is 24.9. The van der Waals surface area contributed by atoms with Crippen molar-refractivity contribution in [3.8, 4) is 0 Å². The van der Waals surface area contributed by atoms with Crippen LogP contribution in [0.3, 0.4) is 0 Å². The summed E-state index contributed by atoms with van der Waals surface area (Å²) in [7, 11) is 0. The van der Waals surface area contributed by atoms with Crippen LogP contribution in [0.1, 0.15) is 78.1 Å². The monoisotopic (exact) mass is 430 g/mol. The van der Waals surface area contributed by atoms with Crippen molar-refractivity contribution in [1.82, 2.24) is 0 Å². The fourth-order valence-electron chi connectivity index (χ4n) is 3.13. The highest BCUT2D eigenvalue weighted by Gasteiger charge is 2.18. The third-order valence-electron chi connectivity index (χ3n) is 4.89. The molecule has 0 saturated heterocycles. The molecule has 0 bridgehead atoms. The van der Waals surface area contributed by atoms with E-state index >= 15 is 0 Å². The average molecular weight is 431 g/mol. The lowest BCUT2D eigenvalue weighted by molar-refractivity contribution is 0.0455. The third-order valence-corrected chi connectivity index (χ3v) is 5.14. The second-order valence-electron chi connectivity index (χ2n) is 7.32. The first-order valence-electron chi connectivity index (χ1n) is 10.8. The van der Waals surface area contributed by atoms with Crippen molar-refractivity contribution >= 4 is 23.5 Å². The maximum atomic E-state index is 12.5. The first-order valence-corrected chi connectivity index (χ1v) is 11.2. The summed E-state index contributed by atoms with van der Waals surface area (Å²) in [5, 5.41) is 0.666. The van der Waals surface area contributed by atoms with Gasteiger partial charge in [-0.25, -0.2) is 9.59 Å². The lowest BCUT2D eigenvalue weighted by Crippen LogP contribution is -2.15. The zero-order valence-electron chi connectivity index (χ0n) is 17.7. The molecule has 2 aromatic rings. The minimum absolute atomic E-state index is 0.224. The Morgan fingerprint density at radius 1 is 0.733 bits per heavy atom. The van der Waals surface area contributed by atoms with Gasteiger partial charge in [-0.2, -0.15) is 0 Å². The van der Waals surface area contributed by atoms with E-state index in [9.17, 15) is 9.59 Å². The molecule has 162 valence electrons. The van der Waals surface area contributed by atoms with E-state index in [4.69, 9.17) is 21.1 Å². The van der Waals surface area contributed by atoms with Crippen molar-refractivity contribution in [2.24, 2.45) is 0 Å². The SMILES string of the molecule is CCCCCCCCCOC(=O)c1ccccc1C(=O)OCCc1ccc(Cl)cc1. The van der Waals surface area contributed by atoms with Crippen LogP contribution in [0.15, 0.2) is 48.5 Å². The van der Waals surface area contributed by atoms with Crippen molar-refractivity contribution in [1.29, 1.82) is 0 Å². The molecule has 0 amide bonds. The van der Waals surface area contributed by atoms with Crippen molar-refractivity contribution in [3.05, 3.63) is 70.2 Å². The van der Waals surface area contributed by atoms with Crippen molar-refractivity contribution < 1.29 is 19.1 Å². The quantitative estimate of drug-likeness (QED) is 0.264. The second kappa shape index (κ2) is 13.8. The molecule has 0 heterocycles. The van der Waals surface area contributed by atoms with E-state index in [-0.39, 0.29) is 17.7 Å². The molecule has 0 aromatic heterocycles. The molecule has 0 spiro atoms. The van der Waals surface area contributed by atoms with Gasteiger partial charge in [0.15, 0.2) is 0 Å². The topological polar surface area (TPSA) is 52.6 Å². The van der Waals surface area contributed by atoms with E-state index in [0.29, 0.717) is 18.1 Å². The fourth-order valence-corrected chi connectivity index (χ4v) is 3.26. The highest BCUT2D eigenvalue weighted by atomic mass is 35.5. The van der Waals surface area contributed by atoms with Crippen LogP contribution >= 0.6 is 11.6 Å². The van der Waals surface area contributed by atoms with Crippen LogP contribution in [0, 0.1) is 0 Å². The summed E-state index contributed by atoms with van der Waals surface area (Å²) in [6.07, 6.45) is 8.64. The molecule has 0 saturated carbocycles. The van der Waals surface area contributed by atoms with Crippen LogP contribution in [0.5, 0.6) is 0 Å². The number of esters is 2. The summed E-state index contributed by atoms with van der Waals surface area (Å²) in [5.41, 5.74) is 1.50. The summed E-state index contributed by atoms with van der Waals surface area (Å²) < 4.78 is 10.7. The van der Waals surface area contributed by atoms with Crippen molar-refractivity contribution in [3.63, 3.8) is 0 Å². The minimum Gasteiger partial charge on any atom is -0.462 e. The highest BCUT2D eigenvalue weighted by Crippen LogP contribution is 2.14. The summed E-state index contributed by atoms with van der Waals surface area (Å²) in [6, 6.07) is 14.0. The fraction of sp³-hybridized carbons (Fsp3) is 0.440. The molecule has 30 heavy (non-hydrogen) atoms. The Morgan fingerprint density at radius 3 is 1.87 bits per heavy atom. The van der Waals surface area contributed by atoms with Crippen LogP contribution in [-0.2, 0) is 15.9 Å². The number of carbonyl (C=O) groups is 2. The Bertz CT molecular complexity index is 786. The van der Waals surface area contributed by atoms with E-state index in [1.54, 1.807) is 36.4 Å². The molecule has 0 aliphatic rings. The van der Waals surface area contributed by atoms with Gasteiger partial charge in [-0.3, -0.25) is 0 Å². The summed E-state index contributed by atoms with van der Waals surface area (Å²) in [5.74, 6) is -1.00. The predicted molar refractivity (Wildman–Crippen MR) is 120 cm³/mol.